The zero-order valence-corrected chi connectivity index (χ0v) is 16.7. The SMILES string of the molecule is CC(=O)Nc1nnc(SCc2cc(=O)c(OC(=O)c3cccc(Cl)c3)co2)s1. The lowest BCUT2D eigenvalue weighted by Crippen LogP contribution is -2.14. The highest BCUT2D eigenvalue weighted by atomic mass is 35.5. The number of hydrogen-bond acceptors (Lipinski definition) is 9. The van der Waals surface area contributed by atoms with Gasteiger partial charge in [0.15, 0.2) is 4.34 Å². The Hall–Kier alpha value is -2.69. The Labute approximate surface area is 171 Å². The van der Waals surface area contributed by atoms with Crippen molar-refractivity contribution in [2.45, 2.75) is 17.0 Å². The van der Waals surface area contributed by atoms with Gasteiger partial charge in [0, 0.05) is 18.0 Å². The van der Waals surface area contributed by atoms with E-state index in [0.29, 0.717) is 26.0 Å². The van der Waals surface area contributed by atoms with E-state index in [2.05, 4.69) is 15.5 Å². The number of carbonyl (C=O) groups excluding carboxylic acids is 2. The Balaban J connectivity index is 1.62. The third kappa shape index (κ3) is 5.41. The van der Waals surface area contributed by atoms with Crippen LogP contribution in [0.5, 0.6) is 5.75 Å². The highest BCUT2D eigenvalue weighted by Gasteiger charge is 2.14. The monoisotopic (exact) mass is 437 g/mol. The van der Waals surface area contributed by atoms with Crippen LogP contribution in [0.2, 0.25) is 5.02 Å². The van der Waals surface area contributed by atoms with Crippen LogP contribution in [0, 0.1) is 0 Å². The number of nitrogens with one attached hydrogen (secondary N) is 1. The third-order valence-corrected chi connectivity index (χ3v) is 5.37. The minimum absolute atomic E-state index is 0.220. The summed E-state index contributed by atoms with van der Waals surface area (Å²) in [5.74, 6) is -0.485. The molecule has 0 spiro atoms. The molecular weight excluding hydrogens is 426 g/mol. The van der Waals surface area contributed by atoms with E-state index < -0.39 is 11.4 Å². The molecule has 2 heterocycles. The summed E-state index contributed by atoms with van der Waals surface area (Å²) in [6, 6.07) is 7.43. The van der Waals surface area contributed by atoms with Gasteiger partial charge in [0.05, 0.1) is 11.3 Å². The van der Waals surface area contributed by atoms with Gasteiger partial charge in [-0.3, -0.25) is 9.59 Å². The molecule has 0 saturated carbocycles. The molecule has 0 aliphatic carbocycles. The molecule has 1 aromatic carbocycles. The van der Waals surface area contributed by atoms with E-state index in [1.807, 2.05) is 0 Å². The molecule has 0 aliphatic heterocycles. The van der Waals surface area contributed by atoms with Gasteiger partial charge in [0.2, 0.25) is 22.2 Å². The number of hydrogen-bond donors (Lipinski definition) is 1. The van der Waals surface area contributed by atoms with Crippen molar-refractivity contribution >= 4 is 51.7 Å². The summed E-state index contributed by atoms with van der Waals surface area (Å²) in [6.45, 7) is 1.38. The Morgan fingerprint density at radius 3 is 2.86 bits per heavy atom. The topological polar surface area (TPSA) is 111 Å². The maximum Gasteiger partial charge on any atom is 0.343 e. The number of halogens is 1. The van der Waals surface area contributed by atoms with E-state index in [-0.39, 0.29) is 17.2 Å². The lowest BCUT2D eigenvalue weighted by atomic mass is 10.2. The second-order valence-electron chi connectivity index (χ2n) is 5.32. The fourth-order valence-corrected chi connectivity index (χ4v) is 3.84. The van der Waals surface area contributed by atoms with Crippen LogP contribution in [-0.4, -0.2) is 22.1 Å². The van der Waals surface area contributed by atoms with Gasteiger partial charge in [-0.15, -0.1) is 10.2 Å². The molecule has 0 unspecified atom stereocenters. The average Bonchev–Trinajstić information content (AvgIpc) is 3.08. The summed E-state index contributed by atoms with van der Waals surface area (Å²) in [5, 5.41) is 11.1. The lowest BCUT2D eigenvalue weighted by Gasteiger charge is -2.04. The summed E-state index contributed by atoms with van der Waals surface area (Å²) >= 11 is 8.33. The fourth-order valence-electron chi connectivity index (χ4n) is 1.96. The van der Waals surface area contributed by atoms with Gasteiger partial charge in [-0.25, -0.2) is 4.79 Å². The zero-order valence-electron chi connectivity index (χ0n) is 14.3. The second kappa shape index (κ2) is 9.00. The van der Waals surface area contributed by atoms with Crippen LogP contribution in [0.25, 0.3) is 0 Å². The van der Waals surface area contributed by atoms with Gasteiger partial charge < -0.3 is 14.5 Å². The minimum atomic E-state index is -0.712. The normalized spacial score (nSPS) is 10.5. The van der Waals surface area contributed by atoms with Crippen molar-refractivity contribution in [3.63, 3.8) is 0 Å². The van der Waals surface area contributed by atoms with E-state index in [1.165, 1.54) is 48.2 Å². The summed E-state index contributed by atoms with van der Waals surface area (Å²) in [6.07, 6.45) is 1.09. The van der Waals surface area contributed by atoms with Crippen LogP contribution in [0.15, 0.2) is 50.1 Å². The summed E-state index contributed by atoms with van der Waals surface area (Å²) in [7, 11) is 0. The van der Waals surface area contributed by atoms with Gasteiger partial charge in [0.1, 0.15) is 12.0 Å². The molecule has 144 valence electrons. The van der Waals surface area contributed by atoms with Gasteiger partial charge in [-0.2, -0.15) is 0 Å². The van der Waals surface area contributed by atoms with E-state index >= 15 is 0 Å². The predicted molar refractivity (Wildman–Crippen MR) is 105 cm³/mol. The van der Waals surface area contributed by atoms with Gasteiger partial charge in [0.25, 0.3) is 0 Å². The second-order valence-corrected chi connectivity index (χ2v) is 7.95. The van der Waals surface area contributed by atoms with E-state index in [9.17, 15) is 14.4 Å². The van der Waals surface area contributed by atoms with Gasteiger partial charge >= 0.3 is 5.97 Å². The largest absolute Gasteiger partial charge is 0.464 e. The average molecular weight is 438 g/mol. The molecule has 1 amide bonds. The van der Waals surface area contributed by atoms with Gasteiger partial charge in [-0.1, -0.05) is 40.8 Å². The van der Waals surface area contributed by atoms with Crippen molar-refractivity contribution in [1.29, 1.82) is 0 Å². The molecule has 8 nitrogen and oxygen atoms in total. The van der Waals surface area contributed by atoms with E-state index in [4.69, 9.17) is 20.8 Å². The summed E-state index contributed by atoms with van der Waals surface area (Å²) < 4.78 is 11.0. The van der Waals surface area contributed by atoms with Crippen LogP contribution in [0.1, 0.15) is 23.0 Å². The van der Waals surface area contributed by atoms with Crippen LogP contribution >= 0.6 is 34.7 Å². The first kappa shape index (κ1) is 20.1. The van der Waals surface area contributed by atoms with Crippen LogP contribution in [-0.2, 0) is 10.5 Å². The molecule has 0 fully saturated rings. The lowest BCUT2D eigenvalue weighted by molar-refractivity contribution is -0.114. The van der Waals surface area contributed by atoms with Crippen molar-refractivity contribution in [1.82, 2.24) is 10.2 Å². The first-order valence-corrected chi connectivity index (χ1v) is 9.92. The minimum Gasteiger partial charge on any atom is -0.464 e. The van der Waals surface area contributed by atoms with Crippen LogP contribution < -0.4 is 15.5 Å². The maximum atomic E-state index is 12.2. The van der Waals surface area contributed by atoms with Crippen molar-refractivity contribution in [2.24, 2.45) is 0 Å². The molecule has 3 aromatic rings. The molecule has 0 atom stereocenters. The Morgan fingerprint density at radius 1 is 1.32 bits per heavy atom. The number of aromatic nitrogens is 2. The number of nitrogens with zero attached hydrogens (tertiary/aromatic N) is 2. The number of amides is 1. The van der Waals surface area contributed by atoms with Crippen molar-refractivity contribution < 1.29 is 18.7 Å². The highest BCUT2D eigenvalue weighted by molar-refractivity contribution is 8.00. The summed E-state index contributed by atoms with van der Waals surface area (Å²) in [4.78, 5) is 35.2. The standard InChI is InChI=1S/C17H12ClN3O5S2/c1-9(22)19-16-20-21-17(28-16)27-8-12-6-13(23)14(7-25-12)26-15(24)10-3-2-4-11(18)5-10/h2-7H,8H2,1H3,(H,19,20,22). The number of carbonyl (C=O) groups is 2. The quantitative estimate of drug-likeness (QED) is 0.353. The van der Waals surface area contributed by atoms with Crippen LogP contribution in [0.3, 0.4) is 0 Å². The predicted octanol–water partition coefficient (Wildman–Crippen LogP) is 3.61. The summed E-state index contributed by atoms with van der Waals surface area (Å²) in [5.41, 5.74) is -0.272. The first-order chi connectivity index (χ1) is 13.4. The number of rotatable bonds is 6. The molecule has 0 saturated heterocycles. The Bertz CT molecular complexity index is 1080. The zero-order chi connectivity index (χ0) is 20.1. The fraction of sp³-hybridized carbons (Fsp3) is 0.118. The van der Waals surface area contributed by atoms with Crippen molar-refractivity contribution in [3.8, 4) is 5.75 Å². The highest BCUT2D eigenvalue weighted by Crippen LogP contribution is 2.28. The van der Waals surface area contributed by atoms with Gasteiger partial charge in [-0.05, 0) is 18.2 Å². The third-order valence-electron chi connectivity index (χ3n) is 3.14. The molecule has 1 N–H and O–H groups in total. The molecule has 0 radical (unpaired) electrons. The molecular formula is C17H12ClN3O5S2. The number of benzene rings is 1. The van der Waals surface area contributed by atoms with Crippen LogP contribution in [0.4, 0.5) is 5.13 Å². The van der Waals surface area contributed by atoms with Crippen molar-refractivity contribution in [2.75, 3.05) is 5.32 Å². The Morgan fingerprint density at radius 2 is 2.14 bits per heavy atom. The molecule has 11 heteroatoms. The smallest absolute Gasteiger partial charge is 0.343 e. The number of esters is 1. The number of thioether (sulfide) groups is 1. The Kier molecular flexibility index (Phi) is 6.45. The van der Waals surface area contributed by atoms with E-state index in [1.54, 1.807) is 12.1 Å². The molecule has 2 aromatic heterocycles. The number of ether oxygens (including phenoxy) is 1. The first-order valence-electron chi connectivity index (χ1n) is 7.74. The molecule has 3 rings (SSSR count). The number of anilines is 1. The molecule has 0 aliphatic rings. The molecule has 0 bridgehead atoms. The van der Waals surface area contributed by atoms with E-state index in [0.717, 1.165) is 6.26 Å². The molecule has 28 heavy (non-hydrogen) atoms. The maximum absolute atomic E-state index is 12.2. The van der Waals surface area contributed by atoms with Crippen molar-refractivity contribution in [3.05, 3.63) is 63.2 Å².